The van der Waals surface area contributed by atoms with Crippen LogP contribution in [0.1, 0.15) is 25.4 Å². The number of hydrogen-bond donors (Lipinski definition) is 2. The van der Waals surface area contributed by atoms with Crippen molar-refractivity contribution in [3.8, 4) is 0 Å². The zero-order chi connectivity index (χ0) is 12.2. The molecule has 4 heteroatoms. The van der Waals surface area contributed by atoms with Gasteiger partial charge in [0.25, 0.3) is 0 Å². The minimum Gasteiger partial charge on any atom is -0.466 e. The van der Waals surface area contributed by atoms with Crippen molar-refractivity contribution in [3.63, 3.8) is 0 Å². The molecule has 0 aliphatic heterocycles. The highest BCUT2D eigenvalue weighted by atomic mass is 16.3. The number of nitrogens with one attached hydrogen (secondary N) is 2. The maximum absolute atomic E-state index is 11.7. The Morgan fingerprint density at radius 2 is 2.12 bits per heavy atom. The molecule has 1 amide bonds. The lowest BCUT2D eigenvalue weighted by Gasteiger charge is -2.22. The molecule has 0 aromatic carbocycles. The van der Waals surface area contributed by atoms with Crippen LogP contribution in [0.2, 0.25) is 0 Å². The van der Waals surface area contributed by atoms with Crippen molar-refractivity contribution >= 4 is 5.91 Å². The summed E-state index contributed by atoms with van der Waals surface area (Å²) in [6.07, 6.45) is 0.722. The Bertz CT molecular complexity index is 356. The van der Waals surface area contributed by atoms with Crippen molar-refractivity contribution in [3.05, 3.63) is 23.7 Å². The number of hydrogen-bond acceptors (Lipinski definition) is 3. The number of carbonyl (C=O) groups is 1. The molecular weight excluding hydrogens is 204 g/mol. The van der Waals surface area contributed by atoms with Crippen LogP contribution in [0.5, 0.6) is 0 Å². The van der Waals surface area contributed by atoms with Crippen LogP contribution in [-0.2, 0) is 11.2 Å². The second kappa shape index (κ2) is 5.16. The summed E-state index contributed by atoms with van der Waals surface area (Å²) in [6.45, 7) is 6.20. The summed E-state index contributed by atoms with van der Waals surface area (Å²) in [5, 5.41) is 5.83. The van der Waals surface area contributed by atoms with Crippen molar-refractivity contribution in [2.24, 2.45) is 0 Å². The van der Waals surface area contributed by atoms with Crippen LogP contribution in [0.15, 0.2) is 16.5 Å². The molecular formula is C12H20N2O2. The standard InChI is InChI=1S/C12H20N2O2/c1-9-5-6-10(16-9)7-8-14-11(15)12(2,3)13-4/h5-6,13H,7-8H2,1-4H3,(H,14,15). The number of amides is 1. The van der Waals surface area contributed by atoms with Crippen LogP contribution >= 0.6 is 0 Å². The monoisotopic (exact) mass is 224 g/mol. The second-order valence-electron chi connectivity index (χ2n) is 4.39. The third-order valence-electron chi connectivity index (χ3n) is 2.65. The van der Waals surface area contributed by atoms with E-state index in [1.807, 2.05) is 32.9 Å². The highest BCUT2D eigenvalue weighted by Gasteiger charge is 2.24. The smallest absolute Gasteiger partial charge is 0.239 e. The molecule has 0 fully saturated rings. The molecule has 16 heavy (non-hydrogen) atoms. The summed E-state index contributed by atoms with van der Waals surface area (Å²) in [4.78, 5) is 11.7. The molecule has 0 aliphatic rings. The third kappa shape index (κ3) is 3.38. The maximum Gasteiger partial charge on any atom is 0.239 e. The zero-order valence-corrected chi connectivity index (χ0v) is 10.4. The highest BCUT2D eigenvalue weighted by Crippen LogP contribution is 2.06. The lowest BCUT2D eigenvalue weighted by Crippen LogP contribution is -2.51. The number of likely N-dealkylation sites (N-methyl/N-ethyl adjacent to an activating group) is 1. The molecule has 0 aliphatic carbocycles. The highest BCUT2D eigenvalue weighted by molar-refractivity contribution is 5.85. The largest absolute Gasteiger partial charge is 0.466 e. The molecule has 4 nitrogen and oxygen atoms in total. The summed E-state index contributed by atoms with van der Waals surface area (Å²) >= 11 is 0. The van der Waals surface area contributed by atoms with Crippen LogP contribution in [0, 0.1) is 6.92 Å². The summed E-state index contributed by atoms with van der Waals surface area (Å²) in [5.41, 5.74) is -0.529. The van der Waals surface area contributed by atoms with Gasteiger partial charge in [-0.15, -0.1) is 0 Å². The molecule has 1 rings (SSSR count). The van der Waals surface area contributed by atoms with Gasteiger partial charge in [-0.2, -0.15) is 0 Å². The molecule has 0 bridgehead atoms. The lowest BCUT2D eigenvalue weighted by atomic mass is 10.1. The number of aryl methyl sites for hydroxylation is 1. The third-order valence-corrected chi connectivity index (χ3v) is 2.65. The van der Waals surface area contributed by atoms with Crippen molar-refractivity contribution in [2.75, 3.05) is 13.6 Å². The molecule has 1 aromatic rings. The average Bonchev–Trinajstić information content (AvgIpc) is 2.64. The van der Waals surface area contributed by atoms with Crippen molar-refractivity contribution in [1.82, 2.24) is 10.6 Å². The van der Waals surface area contributed by atoms with Crippen molar-refractivity contribution in [1.29, 1.82) is 0 Å². The fourth-order valence-corrected chi connectivity index (χ4v) is 1.25. The van der Waals surface area contributed by atoms with Gasteiger partial charge >= 0.3 is 0 Å². The number of carbonyl (C=O) groups excluding carboxylic acids is 1. The minimum absolute atomic E-state index is 0.00159. The molecule has 1 aromatic heterocycles. The Hall–Kier alpha value is -1.29. The molecule has 0 spiro atoms. The Morgan fingerprint density at radius 1 is 1.44 bits per heavy atom. The zero-order valence-electron chi connectivity index (χ0n) is 10.4. The minimum atomic E-state index is -0.529. The Morgan fingerprint density at radius 3 is 2.62 bits per heavy atom. The molecule has 2 N–H and O–H groups in total. The molecule has 0 saturated heterocycles. The van der Waals surface area contributed by atoms with E-state index in [-0.39, 0.29) is 5.91 Å². The van der Waals surface area contributed by atoms with Gasteiger partial charge in [-0.3, -0.25) is 4.79 Å². The first kappa shape index (κ1) is 12.8. The lowest BCUT2D eigenvalue weighted by molar-refractivity contribution is -0.126. The first-order valence-electron chi connectivity index (χ1n) is 5.48. The van der Waals surface area contributed by atoms with Gasteiger partial charge < -0.3 is 15.1 Å². The van der Waals surface area contributed by atoms with E-state index in [2.05, 4.69) is 10.6 Å². The van der Waals surface area contributed by atoms with E-state index in [0.29, 0.717) is 6.54 Å². The second-order valence-corrected chi connectivity index (χ2v) is 4.39. The van der Waals surface area contributed by atoms with E-state index < -0.39 is 5.54 Å². The van der Waals surface area contributed by atoms with Crippen LogP contribution < -0.4 is 10.6 Å². The fourth-order valence-electron chi connectivity index (χ4n) is 1.25. The quantitative estimate of drug-likeness (QED) is 0.791. The molecule has 90 valence electrons. The number of rotatable bonds is 5. The van der Waals surface area contributed by atoms with Crippen molar-refractivity contribution < 1.29 is 9.21 Å². The summed E-state index contributed by atoms with van der Waals surface area (Å²) in [5.74, 6) is 1.80. The van der Waals surface area contributed by atoms with Gasteiger partial charge in [-0.05, 0) is 40.0 Å². The van der Waals surface area contributed by atoms with Crippen LogP contribution in [0.25, 0.3) is 0 Å². The molecule has 1 heterocycles. The molecule has 0 radical (unpaired) electrons. The normalized spacial score (nSPS) is 11.5. The molecule has 0 saturated carbocycles. The van der Waals surface area contributed by atoms with Gasteiger partial charge in [-0.1, -0.05) is 0 Å². The van der Waals surface area contributed by atoms with E-state index in [1.165, 1.54) is 0 Å². The van der Waals surface area contributed by atoms with Crippen molar-refractivity contribution in [2.45, 2.75) is 32.7 Å². The molecule has 0 unspecified atom stereocenters. The van der Waals surface area contributed by atoms with Gasteiger partial charge in [-0.25, -0.2) is 0 Å². The number of furan rings is 1. The Balaban J connectivity index is 2.33. The van der Waals surface area contributed by atoms with Gasteiger partial charge in [0.15, 0.2) is 0 Å². The molecule has 0 atom stereocenters. The predicted molar refractivity (Wildman–Crippen MR) is 63.3 cm³/mol. The van der Waals surface area contributed by atoms with Gasteiger partial charge in [0.05, 0.1) is 5.54 Å². The average molecular weight is 224 g/mol. The van der Waals surface area contributed by atoms with Crippen LogP contribution in [0.4, 0.5) is 0 Å². The first-order valence-corrected chi connectivity index (χ1v) is 5.48. The Labute approximate surface area is 96.4 Å². The van der Waals surface area contributed by atoms with Gasteiger partial charge in [0, 0.05) is 13.0 Å². The predicted octanol–water partition coefficient (Wildman–Crippen LogP) is 1.24. The SMILES string of the molecule is CNC(C)(C)C(=O)NCCc1ccc(C)o1. The van der Waals surface area contributed by atoms with E-state index in [4.69, 9.17) is 4.42 Å². The van der Waals surface area contributed by atoms with Gasteiger partial charge in [0.1, 0.15) is 11.5 Å². The Kier molecular flexibility index (Phi) is 4.12. The van der Waals surface area contributed by atoms with Crippen LogP contribution in [0.3, 0.4) is 0 Å². The summed E-state index contributed by atoms with van der Waals surface area (Å²) in [7, 11) is 1.77. The van der Waals surface area contributed by atoms with E-state index >= 15 is 0 Å². The fraction of sp³-hybridized carbons (Fsp3) is 0.583. The topological polar surface area (TPSA) is 54.3 Å². The van der Waals surface area contributed by atoms with E-state index in [9.17, 15) is 4.79 Å². The summed E-state index contributed by atoms with van der Waals surface area (Å²) < 4.78 is 5.41. The van der Waals surface area contributed by atoms with E-state index in [0.717, 1.165) is 17.9 Å². The maximum atomic E-state index is 11.7. The van der Waals surface area contributed by atoms with E-state index in [1.54, 1.807) is 7.05 Å². The first-order chi connectivity index (χ1) is 7.45. The van der Waals surface area contributed by atoms with Crippen LogP contribution in [-0.4, -0.2) is 25.0 Å². The summed E-state index contributed by atoms with van der Waals surface area (Å²) in [6, 6.07) is 3.86. The van der Waals surface area contributed by atoms with Gasteiger partial charge in [0.2, 0.25) is 5.91 Å².